The van der Waals surface area contributed by atoms with Crippen molar-refractivity contribution in [3.8, 4) is 5.75 Å². The van der Waals surface area contributed by atoms with Crippen molar-refractivity contribution in [2.24, 2.45) is 5.73 Å². The summed E-state index contributed by atoms with van der Waals surface area (Å²) in [6.07, 6.45) is 1.89. The summed E-state index contributed by atoms with van der Waals surface area (Å²) in [4.78, 5) is 4.61. The molecule has 0 amide bonds. The molecule has 0 bridgehead atoms. The highest BCUT2D eigenvalue weighted by molar-refractivity contribution is 5.78. The number of hydrogen-bond acceptors (Lipinski definition) is 4. The first-order chi connectivity index (χ1) is 9.21. The molecule has 1 atom stereocenters. The van der Waals surface area contributed by atoms with Crippen molar-refractivity contribution in [2.75, 3.05) is 13.7 Å². The minimum atomic E-state index is -0.102. The van der Waals surface area contributed by atoms with Gasteiger partial charge in [0.25, 0.3) is 0 Å². The van der Waals surface area contributed by atoms with Gasteiger partial charge < -0.3 is 20.1 Å². The Labute approximate surface area is 113 Å². The summed E-state index contributed by atoms with van der Waals surface area (Å²) in [5.74, 6) is 1.61. The zero-order valence-electron chi connectivity index (χ0n) is 11.5. The van der Waals surface area contributed by atoms with E-state index in [1.54, 1.807) is 7.11 Å². The van der Waals surface area contributed by atoms with Gasteiger partial charge in [-0.3, -0.25) is 0 Å². The number of nitrogens with zero attached hydrogens (tertiary/aromatic N) is 2. The molecule has 1 aromatic heterocycles. The Morgan fingerprint density at radius 2 is 2.26 bits per heavy atom. The number of imidazole rings is 1. The number of nitrogens with two attached hydrogens (primary N) is 1. The average molecular weight is 263 g/mol. The monoisotopic (exact) mass is 263 g/mol. The van der Waals surface area contributed by atoms with Crippen molar-refractivity contribution >= 4 is 11.0 Å². The Morgan fingerprint density at radius 3 is 2.89 bits per heavy atom. The van der Waals surface area contributed by atoms with Gasteiger partial charge >= 0.3 is 0 Å². The lowest BCUT2D eigenvalue weighted by atomic mass is 10.2. The van der Waals surface area contributed by atoms with Crippen molar-refractivity contribution in [3.63, 3.8) is 0 Å². The van der Waals surface area contributed by atoms with Gasteiger partial charge in [-0.2, -0.15) is 0 Å². The van der Waals surface area contributed by atoms with E-state index in [0.29, 0.717) is 6.54 Å². The lowest BCUT2D eigenvalue weighted by Gasteiger charge is -2.13. The molecule has 0 aliphatic rings. The molecule has 0 fully saturated rings. The van der Waals surface area contributed by atoms with E-state index in [-0.39, 0.29) is 12.6 Å². The number of ether oxygens (including phenoxy) is 1. The van der Waals surface area contributed by atoms with Crippen molar-refractivity contribution in [3.05, 3.63) is 24.0 Å². The third-order valence-electron chi connectivity index (χ3n) is 3.24. The lowest BCUT2D eigenvalue weighted by Crippen LogP contribution is -2.17. The zero-order valence-corrected chi connectivity index (χ0v) is 11.5. The Balaban J connectivity index is 2.51. The van der Waals surface area contributed by atoms with Crippen LogP contribution >= 0.6 is 0 Å². The molecule has 2 aromatic rings. The first-order valence-electron chi connectivity index (χ1n) is 6.61. The number of hydrogen-bond donors (Lipinski definition) is 2. The quantitative estimate of drug-likeness (QED) is 0.834. The minimum absolute atomic E-state index is 0.0728. The maximum absolute atomic E-state index is 9.22. The molecule has 1 heterocycles. The highest BCUT2D eigenvalue weighted by Crippen LogP contribution is 2.25. The Morgan fingerprint density at radius 1 is 1.47 bits per heavy atom. The Bertz CT molecular complexity index is 551. The smallest absolute Gasteiger partial charge is 0.126 e. The van der Waals surface area contributed by atoms with Crippen molar-refractivity contribution < 1.29 is 9.84 Å². The molecule has 5 heteroatoms. The van der Waals surface area contributed by atoms with E-state index in [0.717, 1.165) is 35.4 Å². The molecule has 0 saturated carbocycles. The summed E-state index contributed by atoms with van der Waals surface area (Å²) in [5.41, 5.74) is 8.01. The SMILES string of the molecule is CCCC(N)c1nc2cc(OC)ccc2n1CCO. The second-order valence-electron chi connectivity index (χ2n) is 4.60. The topological polar surface area (TPSA) is 73.3 Å². The molecule has 0 aliphatic carbocycles. The van der Waals surface area contributed by atoms with E-state index < -0.39 is 0 Å². The molecule has 5 nitrogen and oxygen atoms in total. The molecule has 0 aliphatic heterocycles. The molecule has 3 N–H and O–H groups in total. The molecule has 0 radical (unpaired) electrons. The van der Waals surface area contributed by atoms with Crippen molar-refractivity contribution in [1.82, 2.24) is 9.55 Å². The molecule has 0 spiro atoms. The largest absolute Gasteiger partial charge is 0.497 e. The van der Waals surface area contributed by atoms with E-state index in [1.807, 2.05) is 22.8 Å². The number of fused-ring (bicyclic) bond motifs is 1. The summed E-state index contributed by atoms with van der Waals surface area (Å²) in [5, 5.41) is 9.22. The van der Waals surface area contributed by atoms with Gasteiger partial charge in [0, 0.05) is 12.6 Å². The fraction of sp³-hybridized carbons (Fsp3) is 0.500. The van der Waals surface area contributed by atoms with Gasteiger partial charge in [-0.25, -0.2) is 4.98 Å². The van der Waals surface area contributed by atoms with E-state index in [9.17, 15) is 5.11 Å². The van der Waals surface area contributed by atoms with Crippen LogP contribution in [0.25, 0.3) is 11.0 Å². The summed E-state index contributed by atoms with van der Waals surface area (Å²) in [6.45, 7) is 2.68. The molecule has 0 saturated heterocycles. The van der Waals surface area contributed by atoms with Crippen LogP contribution in [-0.2, 0) is 6.54 Å². The van der Waals surface area contributed by atoms with Gasteiger partial charge in [0.05, 0.1) is 30.8 Å². The molecular formula is C14H21N3O2. The van der Waals surface area contributed by atoms with Crippen LogP contribution in [0.1, 0.15) is 31.6 Å². The Hall–Kier alpha value is -1.59. The third-order valence-corrected chi connectivity index (χ3v) is 3.24. The summed E-state index contributed by atoms with van der Waals surface area (Å²) in [6, 6.07) is 5.65. The third kappa shape index (κ3) is 2.72. The van der Waals surface area contributed by atoms with Crippen LogP contribution in [0.2, 0.25) is 0 Å². The highest BCUT2D eigenvalue weighted by atomic mass is 16.5. The Kier molecular flexibility index (Phi) is 4.39. The highest BCUT2D eigenvalue weighted by Gasteiger charge is 2.16. The molecule has 1 aromatic carbocycles. The van der Waals surface area contributed by atoms with Gasteiger partial charge in [-0.1, -0.05) is 13.3 Å². The standard InChI is InChI=1S/C14H21N3O2/c1-3-4-11(15)14-16-12-9-10(19-2)5-6-13(12)17(14)7-8-18/h5-6,9,11,18H,3-4,7-8,15H2,1-2H3. The summed E-state index contributed by atoms with van der Waals surface area (Å²) >= 11 is 0. The van der Waals surface area contributed by atoms with Gasteiger partial charge in [0.1, 0.15) is 11.6 Å². The van der Waals surface area contributed by atoms with Crippen LogP contribution in [0.15, 0.2) is 18.2 Å². The average Bonchev–Trinajstić information content (AvgIpc) is 2.77. The number of methoxy groups -OCH3 is 1. The number of aromatic nitrogens is 2. The van der Waals surface area contributed by atoms with Gasteiger partial charge in [-0.05, 0) is 18.6 Å². The normalized spacial score (nSPS) is 12.8. The number of aliphatic hydroxyl groups excluding tert-OH is 1. The summed E-state index contributed by atoms with van der Waals surface area (Å²) in [7, 11) is 1.63. The van der Waals surface area contributed by atoms with Crippen LogP contribution in [0.5, 0.6) is 5.75 Å². The molecule has 1 unspecified atom stereocenters. The number of aliphatic hydroxyl groups is 1. The maximum Gasteiger partial charge on any atom is 0.126 e. The van der Waals surface area contributed by atoms with Crippen LogP contribution in [0, 0.1) is 0 Å². The lowest BCUT2D eigenvalue weighted by molar-refractivity contribution is 0.274. The molecule has 19 heavy (non-hydrogen) atoms. The van der Waals surface area contributed by atoms with Crippen molar-refractivity contribution in [2.45, 2.75) is 32.4 Å². The molecule has 2 rings (SSSR count). The second-order valence-corrected chi connectivity index (χ2v) is 4.60. The van der Waals surface area contributed by atoms with Crippen molar-refractivity contribution in [1.29, 1.82) is 0 Å². The predicted octanol–water partition coefficient (Wildman–Crippen LogP) is 1.84. The first kappa shape index (κ1) is 13.8. The number of rotatable bonds is 6. The predicted molar refractivity (Wildman–Crippen MR) is 75.2 cm³/mol. The van der Waals surface area contributed by atoms with Crippen LogP contribution in [0.3, 0.4) is 0 Å². The van der Waals surface area contributed by atoms with Crippen LogP contribution < -0.4 is 10.5 Å². The molecular weight excluding hydrogens is 242 g/mol. The second kappa shape index (κ2) is 6.04. The molecule has 104 valence electrons. The minimum Gasteiger partial charge on any atom is -0.497 e. The van der Waals surface area contributed by atoms with E-state index in [2.05, 4.69) is 11.9 Å². The van der Waals surface area contributed by atoms with Crippen LogP contribution in [-0.4, -0.2) is 28.4 Å². The summed E-state index contributed by atoms with van der Waals surface area (Å²) < 4.78 is 7.20. The fourth-order valence-corrected chi connectivity index (χ4v) is 2.31. The number of benzene rings is 1. The van der Waals surface area contributed by atoms with Crippen LogP contribution in [0.4, 0.5) is 0 Å². The maximum atomic E-state index is 9.22. The van der Waals surface area contributed by atoms with Gasteiger partial charge in [-0.15, -0.1) is 0 Å². The fourth-order valence-electron chi connectivity index (χ4n) is 2.31. The first-order valence-corrected chi connectivity index (χ1v) is 6.61. The van der Waals surface area contributed by atoms with E-state index >= 15 is 0 Å². The van der Waals surface area contributed by atoms with Gasteiger partial charge in [0.15, 0.2) is 0 Å². The van der Waals surface area contributed by atoms with E-state index in [1.165, 1.54) is 0 Å². The zero-order chi connectivity index (χ0) is 13.8. The van der Waals surface area contributed by atoms with Gasteiger partial charge in [0.2, 0.25) is 0 Å². The van der Waals surface area contributed by atoms with E-state index in [4.69, 9.17) is 10.5 Å².